The van der Waals surface area contributed by atoms with E-state index in [0.29, 0.717) is 22.3 Å². The molecule has 0 radical (unpaired) electrons. The average Bonchev–Trinajstić information content (AvgIpc) is 3.08. The van der Waals surface area contributed by atoms with E-state index in [4.69, 9.17) is 5.84 Å². The van der Waals surface area contributed by atoms with E-state index in [1.54, 1.807) is 16.6 Å². The smallest absolute Gasteiger partial charge is 0.337 e. The third kappa shape index (κ3) is 2.55. The molecular formula is C12H12N6O2S. The summed E-state index contributed by atoms with van der Waals surface area (Å²) in [7, 11) is 1.36. The molecule has 2 N–H and O–H groups in total. The minimum absolute atomic E-state index is 0.346. The van der Waals surface area contributed by atoms with Crippen molar-refractivity contribution in [1.82, 2.24) is 24.5 Å². The molecule has 0 saturated heterocycles. The molecule has 2 aromatic heterocycles. The molecule has 0 saturated carbocycles. The first-order valence-corrected chi connectivity index (χ1v) is 7.01. The van der Waals surface area contributed by atoms with E-state index < -0.39 is 0 Å². The fraction of sp³-hybridized carbons (Fsp3) is 0.167. The lowest BCUT2D eigenvalue weighted by Crippen LogP contribution is -2.06. The fourth-order valence-corrected chi connectivity index (χ4v) is 2.61. The van der Waals surface area contributed by atoms with Crippen molar-refractivity contribution >= 4 is 23.5 Å². The SMILES string of the molecule is COC(=O)c1ccc(CSc2nnc3n(N)cnn23)cc1. The molecule has 0 bridgehead atoms. The van der Waals surface area contributed by atoms with Gasteiger partial charge in [0.05, 0.1) is 12.7 Å². The third-order valence-electron chi connectivity index (χ3n) is 2.86. The number of rotatable bonds is 4. The largest absolute Gasteiger partial charge is 0.465 e. The van der Waals surface area contributed by atoms with Gasteiger partial charge in [0.25, 0.3) is 5.78 Å². The van der Waals surface area contributed by atoms with Crippen molar-refractivity contribution < 1.29 is 9.53 Å². The molecule has 3 aromatic rings. The summed E-state index contributed by atoms with van der Waals surface area (Å²) in [6, 6.07) is 7.21. The van der Waals surface area contributed by atoms with E-state index in [-0.39, 0.29) is 5.97 Å². The zero-order valence-electron chi connectivity index (χ0n) is 11.1. The number of benzene rings is 1. The predicted molar refractivity (Wildman–Crippen MR) is 76.3 cm³/mol. The van der Waals surface area contributed by atoms with E-state index >= 15 is 0 Å². The van der Waals surface area contributed by atoms with Crippen LogP contribution in [0.5, 0.6) is 0 Å². The lowest BCUT2D eigenvalue weighted by molar-refractivity contribution is 0.0600. The second-order valence-corrected chi connectivity index (χ2v) is 5.15. The number of hydrogen-bond acceptors (Lipinski definition) is 7. The zero-order chi connectivity index (χ0) is 14.8. The van der Waals surface area contributed by atoms with Crippen LogP contribution in [0.4, 0.5) is 0 Å². The Morgan fingerprint density at radius 1 is 1.33 bits per heavy atom. The molecule has 9 heteroatoms. The quantitative estimate of drug-likeness (QED) is 0.430. The van der Waals surface area contributed by atoms with Crippen LogP contribution in [0.25, 0.3) is 5.78 Å². The van der Waals surface area contributed by atoms with Crippen LogP contribution in [0.1, 0.15) is 15.9 Å². The van der Waals surface area contributed by atoms with Crippen LogP contribution in [0.3, 0.4) is 0 Å². The molecule has 108 valence electrons. The van der Waals surface area contributed by atoms with Crippen molar-refractivity contribution in [3.63, 3.8) is 0 Å². The Morgan fingerprint density at radius 2 is 2.10 bits per heavy atom. The number of aromatic nitrogens is 5. The van der Waals surface area contributed by atoms with Crippen LogP contribution < -0.4 is 5.84 Å². The molecular weight excluding hydrogens is 292 g/mol. The highest BCUT2D eigenvalue weighted by atomic mass is 32.2. The Labute approximate surface area is 123 Å². The number of ether oxygens (including phenoxy) is 1. The van der Waals surface area contributed by atoms with E-state index in [2.05, 4.69) is 20.0 Å². The molecule has 0 aliphatic rings. The molecule has 0 atom stereocenters. The lowest BCUT2D eigenvalue weighted by atomic mass is 10.1. The number of fused-ring (bicyclic) bond motifs is 1. The van der Waals surface area contributed by atoms with E-state index in [1.807, 2.05) is 12.1 Å². The van der Waals surface area contributed by atoms with Crippen molar-refractivity contribution in [3.05, 3.63) is 41.7 Å². The maximum absolute atomic E-state index is 11.3. The van der Waals surface area contributed by atoms with Crippen LogP contribution in [-0.4, -0.2) is 37.6 Å². The van der Waals surface area contributed by atoms with Crippen molar-refractivity contribution in [2.75, 3.05) is 13.0 Å². The molecule has 0 aliphatic heterocycles. The molecule has 0 unspecified atom stereocenters. The Kier molecular flexibility index (Phi) is 3.48. The Balaban J connectivity index is 1.71. The second kappa shape index (κ2) is 5.44. The molecule has 8 nitrogen and oxygen atoms in total. The highest BCUT2D eigenvalue weighted by Crippen LogP contribution is 2.21. The standard InChI is InChI=1S/C12H12N6O2S/c1-20-10(19)9-4-2-8(3-5-9)6-21-12-16-15-11-17(13)7-14-18(11)12/h2-5,7H,6,13H2,1H3. The number of nitrogen functional groups attached to an aromatic ring is 1. The van der Waals surface area contributed by atoms with Gasteiger partial charge in [-0.25, -0.2) is 9.47 Å². The highest BCUT2D eigenvalue weighted by Gasteiger charge is 2.11. The molecule has 21 heavy (non-hydrogen) atoms. The molecule has 1 aromatic carbocycles. The number of thioether (sulfide) groups is 1. The number of esters is 1. The summed E-state index contributed by atoms with van der Waals surface area (Å²) in [6.45, 7) is 0. The fourth-order valence-electron chi connectivity index (χ4n) is 1.77. The topological polar surface area (TPSA) is 100 Å². The van der Waals surface area contributed by atoms with E-state index in [0.717, 1.165) is 5.56 Å². The summed E-state index contributed by atoms with van der Waals surface area (Å²) in [5.41, 5.74) is 1.58. The predicted octanol–water partition coefficient (Wildman–Crippen LogP) is 0.718. The van der Waals surface area contributed by atoms with Crippen LogP contribution in [-0.2, 0) is 10.5 Å². The molecule has 0 aliphatic carbocycles. The van der Waals surface area contributed by atoms with Crippen LogP contribution in [0, 0.1) is 0 Å². The Morgan fingerprint density at radius 3 is 2.81 bits per heavy atom. The van der Waals surface area contributed by atoms with Gasteiger partial charge < -0.3 is 10.6 Å². The van der Waals surface area contributed by atoms with Crippen LogP contribution in [0.2, 0.25) is 0 Å². The van der Waals surface area contributed by atoms with Gasteiger partial charge in [0.15, 0.2) is 0 Å². The van der Waals surface area contributed by atoms with Crippen molar-refractivity contribution in [2.45, 2.75) is 10.9 Å². The van der Waals surface area contributed by atoms with Gasteiger partial charge in [-0.05, 0) is 17.7 Å². The first kappa shape index (κ1) is 13.4. The number of nitrogens with two attached hydrogens (primary N) is 1. The summed E-state index contributed by atoms with van der Waals surface area (Å²) >= 11 is 1.48. The normalized spacial score (nSPS) is 10.9. The maximum Gasteiger partial charge on any atom is 0.337 e. The van der Waals surface area contributed by atoms with Crippen LogP contribution in [0.15, 0.2) is 35.7 Å². The number of hydrogen-bond donors (Lipinski definition) is 1. The monoisotopic (exact) mass is 304 g/mol. The summed E-state index contributed by atoms with van der Waals surface area (Å²) in [6.07, 6.45) is 1.47. The molecule has 0 fully saturated rings. The Hall–Kier alpha value is -2.55. The minimum Gasteiger partial charge on any atom is -0.465 e. The highest BCUT2D eigenvalue weighted by molar-refractivity contribution is 7.98. The number of carbonyl (C=O) groups is 1. The number of carbonyl (C=O) groups excluding carboxylic acids is 1. The van der Waals surface area contributed by atoms with Gasteiger partial charge in [0, 0.05) is 5.75 Å². The molecule has 2 heterocycles. The summed E-state index contributed by atoms with van der Waals surface area (Å²) in [5, 5.41) is 12.7. The molecule has 3 rings (SSSR count). The first-order chi connectivity index (χ1) is 10.2. The van der Waals surface area contributed by atoms with Gasteiger partial charge in [-0.1, -0.05) is 23.9 Å². The zero-order valence-corrected chi connectivity index (χ0v) is 11.9. The third-order valence-corrected chi connectivity index (χ3v) is 3.85. The number of methoxy groups -OCH3 is 1. The number of nitrogens with zero attached hydrogens (tertiary/aromatic N) is 5. The van der Waals surface area contributed by atoms with Gasteiger partial charge >= 0.3 is 5.97 Å². The van der Waals surface area contributed by atoms with Crippen molar-refractivity contribution in [1.29, 1.82) is 0 Å². The first-order valence-electron chi connectivity index (χ1n) is 6.03. The van der Waals surface area contributed by atoms with Gasteiger partial charge in [-0.15, -0.1) is 10.2 Å². The molecule has 0 amide bonds. The average molecular weight is 304 g/mol. The van der Waals surface area contributed by atoms with E-state index in [9.17, 15) is 4.79 Å². The van der Waals surface area contributed by atoms with Gasteiger partial charge in [0.1, 0.15) is 6.33 Å². The van der Waals surface area contributed by atoms with E-state index in [1.165, 1.54) is 29.9 Å². The van der Waals surface area contributed by atoms with Gasteiger partial charge in [-0.3, -0.25) is 0 Å². The summed E-state index contributed by atoms with van der Waals surface area (Å²) in [5.74, 6) is 6.45. The Bertz CT molecular complexity index is 779. The van der Waals surface area contributed by atoms with Gasteiger partial charge in [0.2, 0.25) is 5.16 Å². The van der Waals surface area contributed by atoms with Crippen LogP contribution >= 0.6 is 11.8 Å². The summed E-state index contributed by atoms with van der Waals surface area (Å²) in [4.78, 5) is 11.3. The van der Waals surface area contributed by atoms with Crippen molar-refractivity contribution in [3.8, 4) is 0 Å². The minimum atomic E-state index is -0.346. The summed E-state index contributed by atoms with van der Waals surface area (Å²) < 4.78 is 7.54. The molecule has 0 spiro atoms. The van der Waals surface area contributed by atoms with Crippen molar-refractivity contribution in [2.24, 2.45) is 0 Å². The lowest BCUT2D eigenvalue weighted by Gasteiger charge is -2.02. The second-order valence-electron chi connectivity index (χ2n) is 4.21. The van der Waals surface area contributed by atoms with Gasteiger partial charge in [-0.2, -0.15) is 9.61 Å². The maximum atomic E-state index is 11.3.